The molecule has 2 N–H and O–H groups in total. The monoisotopic (exact) mass is 278 g/mol. The maximum Gasteiger partial charge on any atom is 0.135 e. The summed E-state index contributed by atoms with van der Waals surface area (Å²) < 4.78 is 0. The largest absolute Gasteiger partial charge is 0.391 e. The highest BCUT2D eigenvalue weighted by Gasteiger charge is 2.28. The Balaban J connectivity index is 2.28. The predicted octanol–water partition coefficient (Wildman–Crippen LogP) is 2.38. The van der Waals surface area contributed by atoms with Crippen LogP contribution in [0.2, 0.25) is 0 Å². The Kier molecular flexibility index (Phi) is 4.81. The van der Waals surface area contributed by atoms with Gasteiger partial charge in [0.25, 0.3) is 0 Å². The first kappa shape index (κ1) is 15.0. The molecule has 2 unspecified atom stereocenters. The minimum Gasteiger partial charge on any atom is -0.391 e. The van der Waals surface area contributed by atoms with Gasteiger partial charge >= 0.3 is 0 Å². The first-order valence-electron chi connectivity index (χ1n) is 7.50. The van der Waals surface area contributed by atoms with Crippen molar-refractivity contribution >= 4 is 11.6 Å². The molecule has 2 atom stereocenters. The third-order valence-electron chi connectivity index (χ3n) is 4.06. The summed E-state index contributed by atoms with van der Waals surface area (Å²) in [6.45, 7) is 4.18. The zero-order chi connectivity index (χ0) is 14.7. The van der Waals surface area contributed by atoms with Gasteiger partial charge in [0.2, 0.25) is 0 Å². The van der Waals surface area contributed by atoms with E-state index in [1.165, 1.54) is 6.42 Å². The molecule has 5 nitrogen and oxygen atoms in total. The van der Waals surface area contributed by atoms with Crippen molar-refractivity contribution in [3.63, 3.8) is 0 Å². The molecule has 0 aliphatic heterocycles. The lowest BCUT2D eigenvalue weighted by Gasteiger charge is -2.36. The van der Waals surface area contributed by atoms with Crippen molar-refractivity contribution in [2.75, 3.05) is 24.3 Å². The van der Waals surface area contributed by atoms with Crippen molar-refractivity contribution in [3.8, 4) is 0 Å². The van der Waals surface area contributed by atoms with Crippen LogP contribution in [0.4, 0.5) is 11.6 Å². The third kappa shape index (κ3) is 3.20. The Morgan fingerprint density at radius 2 is 2.00 bits per heavy atom. The maximum atomic E-state index is 10.2. The number of anilines is 2. The molecule has 1 aromatic heterocycles. The topological polar surface area (TPSA) is 61.3 Å². The molecule has 0 bridgehead atoms. The third-order valence-corrected chi connectivity index (χ3v) is 4.06. The first-order chi connectivity index (χ1) is 9.52. The maximum absolute atomic E-state index is 10.2. The van der Waals surface area contributed by atoms with Gasteiger partial charge in [-0.3, -0.25) is 0 Å². The summed E-state index contributed by atoms with van der Waals surface area (Å²) in [6.07, 6.45) is 3.94. The zero-order valence-electron chi connectivity index (χ0n) is 12.9. The van der Waals surface area contributed by atoms with Crippen molar-refractivity contribution in [1.29, 1.82) is 0 Å². The summed E-state index contributed by atoms with van der Waals surface area (Å²) in [7, 11) is 3.89. The highest BCUT2D eigenvalue weighted by molar-refractivity contribution is 5.49. The average molecular weight is 278 g/mol. The van der Waals surface area contributed by atoms with Crippen LogP contribution >= 0.6 is 0 Å². The number of hydrogen-bond acceptors (Lipinski definition) is 5. The number of nitrogens with one attached hydrogen (secondary N) is 1. The number of likely N-dealkylation sites (N-methyl/N-ethyl adjacent to an activating group) is 1. The van der Waals surface area contributed by atoms with E-state index in [-0.39, 0.29) is 18.1 Å². The predicted molar refractivity (Wildman–Crippen MR) is 82.3 cm³/mol. The summed E-state index contributed by atoms with van der Waals surface area (Å²) >= 11 is 0. The molecular weight excluding hydrogens is 252 g/mol. The molecule has 0 saturated heterocycles. The molecule has 0 spiro atoms. The molecule has 0 amide bonds. The number of aromatic nitrogens is 2. The minimum absolute atomic E-state index is 0.156. The van der Waals surface area contributed by atoms with Crippen LogP contribution in [0.1, 0.15) is 51.3 Å². The van der Waals surface area contributed by atoms with Crippen molar-refractivity contribution in [2.45, 2.75) is 57.6 Å². The van der Waals surface area contributed by atoms with Crippen LogP contribution in [-0.4, -0.2) is 41.3 Å². The summed E-state index contributed by atoms with van der Waals surface area (Å²) in [5.41, 5.74) is 0. The molecule has 0 aromatic carbocycles. The summed E-state index contributed by atoms with van der Waals surface area (Å²) in [6, 6.07) is 2.11. The van der Waals surface area contributed by atoms with Gasteiger partial charge in [-0.25, -0.2) is 9.97 Å². The van der Waals surface area contributed by atoms with E-state index in [1.807, 2.05) is 20.2 Å². The highest BCUT2D eigenvalue weighted by Crippen LogP contribution is 2.27. The van der Waals surface area contributed by atoms with Crippen LogP contribution in [0.25, 0.3) is 0 Å². The molecule has 5 heteroatoms. The standard InChI is InChI=1S/C15H26N4O/c1-10(2)15-17-13(16-3)9-14(18-15)19(4)11-7-5-6-8-12(11)20/h9-12,20H,5-8H2,1-4H3,(H,16,17,18). The molecule has 1 aliphatic rings. The fraction of sp³-hybridized carbons (Fsp3) is 0.733. The number of hydrogen-bond donors (Lipinski definition) is 2. The van der Waals surface area contributed by atoms with E-state index < -0.39 is 0 Å². The number of aliphatic hydroxyl groups excluding tert-OH is 1. The zero-order valence-corrected chi connectivity index (χ0v) is 12.9. The van der Waals surface area contributed by atoms with Gasteiger partial charge in [-0.05, 0) is 12.8 Å². The van der Waals surface area contributed by atoms with Gasteiger partial charge in [-0.2, -0.15) is 0 Å². The highest BCUT2D eigenvalue weighted by atomic mass is 16.3. The SMILES string of the molecule is CNc1cc(N(C)C2CCCCC2O)nc(C(C)C)n1. The molecule has 1 fully saturated rings. The lowest BCUT2D eigenvalue weighted by atomic mass is 9.91. The Bertz CT molecular complexity index is 449. The van der Waals surface area contributed by atoms with Crippen LogP contribution in [-0.2, 0) is 0 Å². The summed E-state index contributed by atoms with van der Waals surface area (Å²) in [4.78, 5) is 11.3. The summed E-state index contributed by atoms with van der Waals surface area (Å²) in [5.74, 6) is 2.84. The van der Waals surface area contributed by atoms with Crippen molar-refractivity contribution < 1.29 is 5.11 Å². The van der Waals surface area contributed by atoms with Crippen LogP contribution in [0.5, 0.6) is 0 Å². The fourth-order valence-electron chi connectivity index (χ4n) is 2.73. The van der Waals surface area contributed by atoms with E-state index in [0.717, 1.165) is 36.7 Å². The lowest BCUT2D eigenvalue weighted by molar-refractivity contribution is 0.106. The lowest BCUT2D eigenvalue weighted by Crippen LogP contribution is -2.44. The minimum atomic E-state index is -0.260. The first-order valence-corrected chi connectivity index (χ1v) is 7.50. The molecular formula is C15H26N4O. The molecule has 1 heterocycles. The van der Waals surface area contributed by atoms with E-state index in [1.54, 1.807) is 0 Å². The number of nitrogens with zero attached hydrogens (tertiary/aromatic N) is 3. The number of rotatable bonds is 4. The van der Waals surface area contributed by atoms with Crippen molar-refractivity contribution in [2.24, 2.45) is 0 Å². The second-order valence-corrected chi connectivity index (χ2v) is 5.90. The normalized spacial score (nSPS) is 22.9. The van der Waals surface area contributed by atoms with Crippen LogP contribution in [0.15, 0.2) is 6.07 Å². The van der Waals surface area contributed by atoms with Crippen LogP contribution in [0, 0.1) is 0 Å². The van der Waals surface area contributed by atoms with Crippen molar-refractivity contribution in [1.82, 2.24) is 9.97 Å². The summed E-state index contributed by atoms with van der Waals surface area (Å²) in [5, 5.41) is 13.3. The Morgan fingerprint density at radius 1 is 1.30 bits per heavy atom. The van der Waals surface area contributed by atoms with Gasteiger partial charge in [0.05, 0.1) is 12.1 Å². The average Bonchev–Trinajstić information content (AvgIpc) is 2.46. The van der Waals surface area contributed by atoms with Gasteiger partial charge in [0, 0.05) is 26.1 Å². The van der Waals surface area contributed by atoms with E-state index in [2.05, 4.69) is 34.0 Å². The Hall–Kier alpha value is -1.36. The van der Waals surface area contributed by atoms with E-state index in [9.17, 15) is 5.11 Å². The van der Waals surface area contributed by atoms with Gasteiger partial charge in [0.1, 0.15) is 17.5 Å². The second-order valence-electron chi connectivity index (χ2n) is 5.90. The van der Waals surface area contributed by atoms with Gasteiger partial charge in [-0.15, -0.1) is 0 Å². The fourth-order valence-corrected chi connectivity index (χ4v) is 2.73. The molecule has 20 heavy (non-hydrogen) atoms. The molecule has 1 saturated carbocycles. The van der Waals surface area contributed by atoms with Crippen LogP contribution in [0.3, 0.4) is 0 Å². The smallest absolute Gasteiger partial charge is 0.135 e. The van der Waals surface area contributed by atoms with Crippen molar-refractivity contribution in [3.05, 3.63) is 11.9 Å². The Morgan fingerprint density at radius 3 is 2.60 bits per heavy atom. The molecule has 0 radical (unpaired) electrons. The molecule has 2 rings (SSSR count). The second kappa shape index (κ2) is 6.39. The van der Waals surface area contributed by atoms with Gasteiger partial charge in [0.15, 0.2) is 0 Å². The van der Waals surface area contributed by atoms with E-state index >= 15 is 0 Å². The molecule has 112 valence electrons. The van der Waals surface area contributed by atoms with E-state index in [0.29, 0.717) is 0 Å². The molecule has 1 aromatic rings. The van der Waals surface area contributed by atoms with Gasteiger partial charge in [-0.1, -0.05) is 26.7 Å². The quantitative estimate of drug-likeness (QED) is 0.885. The van der Waals surface area contributed by atoms with Crippen LogP contribution < -0.4 is 10.2 Å². The Labute approximate surface area is 121 Å². The number of aliphatic hydroxyl groups is 1. The van der Waals surface area contributed by atoms with Gasteiger partial charge < -0.3 is 15.3 Å². The van der Waals surface area contributed by atoms with E-state index in [4.69, 9.17) is 0 Å². The molecule has 1 aliphatic carbocycles.